The Balaban J connectivity index is 2.26. The Labute approximate surface area is 120 Å². The van der Waals surface area contributed by atoms with E-state index in [4.69, 9.17) is 26.8 Å². The summed E-state index contributed by atoms with van der Waals surface area (Å²) in [5.74, 6) is 1.34. The number of thioether (sulfide) groups is 1. The third kappa shape index (κ3) is 3.46. The number of hydrogen-bond donors (Lipinski definition) is 2. The molecule has 0 aliphatic carbocycles. The van der Waals surface area contributed by atoms with E-state index < -0.39 is 5.91 Å². The highest BCUT2D eigenvalue weighted by atomic mass is 35.5. The van der Waals surface area contributed by atoms with E-state index in [2.05, 4.69) is 5.32 Å². The summed E-state index contributed by atoms with van der Waals surface area (Å²) in [6.07, 6.45) is 0. The van der Waals surface area contributed by atoms with Gasteiger partial charge in [-0.2, -0.15) is 0 Å². The van der Waals surface area contributed by atoms with Gasteiger partial charge in [0.25, 0.3) is 5.91 Å². The summed E-state index contributed by atoms with van der Waals surface area (Å²) < 4.78 is 10.5. The van der Waals surface area contributed by atoms with Crippen LogP contribution in [0.15, 0.2) is 12.1 Å². The van der Waals surface area contributed by atoms with E-state index in [9.17, 15) is 4.79 Å². The third-order valence-corrected chi connectivity index (χ3v) is 4.12. The lowest BCUT2D eigenvalue weighted by molar-refractivity contribution is -0.119. The minimum absolute atomic E-state index is 0.205. The van der Waals surface area contributed by atoms with E-state index >= 15 is 0 Å². The predicted octanol–water partition coefficient (Wildman–Crippen LogP) is 1.55. The highest BCUT2D eigenvalue weighted by Crippen LogP contribution is 2.40. The van der Waals surface area contributed by atoms with Gasteiger partial charge in [-0.3, -0.25) is 4.79 Å². The molecule has 0 saturated carbocycles. The fourth-order valence-corrected chi connectivity index (χ4v) is 3.12. The maximum atomic E-state index is 10.8. The normalized spacial score (nSPS) is 18.3. The molecule has 1 aliphatic heterocycles. The van der Waals surface area contributed by atoms with E-state index in [1.165, 1.54) is 7.11 Å². The first kappa shape index (κ1) is 14.3. The van der Waals surface area contributed by atoms with E-state index in [1.807, 2.05) is 23.9 Å². The molecule has 7 heteroatoms. The van der Waals surface area contributed by atoms with Crippen LogP contribution in [0.4, 0.5) is 0 Å². The molecule has 1 aromatic carbocycles. The van der Waals surface area contributed by atoms with Gasteiger partial charge in [-0.05, 0) is 17.7 Å². The Hall–Kier alpha value is -1.11. The molecule has 0 radical (unpaired) electrons. The largest absolute Gasteiger partial charge is 0.493 e. The van der Waals surface area contributed by atoms with Crippen LogP contribution in [0.1, 0.15) is 10.9 Å². The molecule has 0 aromatic heterocycles. The summed E-state index contributed by atoms with van der Waals surface area (Å²) in [7, 11) is 1.53. The third-order valence-electron chi connectivity index (χ3n) is 2.63. The number of rotatable bonds is 5. The van der Waals surface area contributed by atoms with Gasteiger partial charge in [-0.1, -0.05) is 11.6 Å². The number of benzene rings is 1. The SMILES string of the molecule is COc1cc(C2NCCS2)cc(Cl)c1OCC(N)=O. The standard InChI is InChI=1S/C12H15ClN2O3S/c1-17-9-5-7(12-15-2-3-19-12)4-8(13)11(9)18-6-10(14)16/h4-5,12,15H,2-3,6H2,1H3,(H2,14,16). The second-order valence-corrected chi connectivity index (χ2v) is 5.61. The van der Waals surface area contributed by atoms with Gasteiger partial charge in [0.05, 0.1) is 17.5 Å². The molecule has 3 N–H and O–H groups in total. The number of nitrogens with two attached hydrogens (primary N) is 1. The molecule has 1 atom stereocenters. The van der Waals surface area contributed by atoms with Gasteiger partial charge in [0.15, 0.2) is 18.1 Å². The number of amides is 1. The molecule has 19 heavy (non-hydrogen) atoms. The molecule has 5 nitrogen and oxygen atoms in total. The molecule has 1 aromatic rings. The average Bonchev–Trinajstić information content (AvgIpc) is 2.90. The van der Waals surface area contributed by atoms with Gasteiger partial charge >= 0.3 is 0 Å². The number of hydrogen-bond acceptors (Lipinski definition) is 5. The molecule has 1 heterocycles. The van der Waals surface area contributed by atoms with Crippen molar-refractivity contribution >= 4 is 29.3 Å². The minimum atomic E-state index is -0.560. The van der Waals surface area contributed by atoms with Gasteiger partial charge in [0, 0.05) is 12.3 Å². The summed E-state index contributed by atoms with van der Waals surface area (Å²) in [6.45, 7) is 0.737. The zero-order valence-electron chi connectivity index (χ0n) is 10.4. The molecular formula is C12H15ClN2O3S. The van der Waals surface area contributed by atoms with E-state index in [0.29, 0.717) is 16.5 Å². The molecule has 104 valence electrons. The minimum Gasteiger partial charge on any atom is -0.493 e. The zero-order chi connectivity index (χ0) is 13.8. The number of ether oxygens (including phenoxy) is 2. The molecule has 0 spiro atoms. The van der Waals surface area contributed by atoms with Crippen LogP contribution < -0.4 is 20.5 Å². The Morgan fingerprint density at radius 1 is 1.63 bits per heavy atom. The summed E-state index contributed by atoms with van der Waals surface area (Å²) in [5.41, 5.74) is 6.07. The molecule has 2 rings (SSSR count). The Kier molecular flexibility index (Phi) is 4.79. The van der Waals surface area contributed by atoms with Crippen LogP contribution in [-0.4, -0.2) is 31.9 Å². The van der Waals surface area contributed by atoms with Crippen LogP contribution in [0.25, 0.3) is 0 Å². The van der Waals surface area contributed by atoms with Gasteiger partial charge in [0.2, 0.25) is 0 Å². The topological polar surface area (TPSA) is 73.6 Å². The zero-order valence-corrected chi connectivity index (χ0v) is 12.0. The molecule has 1 unspecified atom stereocenters. The van der Waals surface area contributed by atoms with Crippen molar-refractivity contribution in [2.45, 2.75) is 5.37 Å². The van der Waals surface area contributed by atoms with Crippen LogP contribution in [0.2, 0.25) is 5.02 Å². The van der Waals surface area contributed by atoms with Crippen LogP contribution >= 0.6 is 23.4 Å². The maximum Gasteiger partial charge on any atom is 0.255 e. The second kappa shape index (κ2) is 6.36. The Morgan fingerprint density at radius 2 is 2.42 bits per heavy atom. The monoisotopic (exact) mass is 302 g/mol. The van der Waals surface area contributed by atoms with Crippen LogP contribution in [0.3, 0.4) is 0 Å². The number of methoxy groups -OCH3 is 1. The first-order valence-corrected chi connectivity index (χ1v) is 7.18. The van der Waals surface area contributed by atoms with Crippen LogP contribution in [0.5, 0.6) is 11.5 Å². The number of primary amides is 1. The smallest absolute Gasteiger partial charge is 0.255 e. The van der Waals surface area contributed by atoms with Gasteiger partial charge in [-0.25, -0.2) is 0 Å². The first-order valence-electron chi connectivity index (χ1n) is 5.75. The lowest BCUT2D eigenvalue weighted by atomic mass is 10.2. The van der Waals surface area contributed by atoms with Gasteiger partial charge in [-0.15, -0.1) is 11.8 Å². The van der Waals surface area contributed by atoms with Gasteiger partial charge in [0.1, 0.15) is 0 Å². The molecule has 1 amide bonds. The van der Waals surface area contributed by atoms with Crippen molar-refractivity contribution in [2.24, 2.45) is 5.73 Å². The molecule has 1 saturated heterocycles. The van der Waals surface area contributed by atoms with Crippen molar-refractivity contribution < 1.29 is 14.3 Å². The van der Waals surface area contributed by atoms with Crippen molar-refractivity contribution in [3.8, 4) is 11.5 Å². The van der Waals surface area contributed by atoms with Crippen molar-refractivity contribution in [2.75, 3.05) is 26.0 Å². The Bertz CT molecular complexity index is 478. The quantitative estimate of drug-likeness (QED) is 0.863. The van der Waals surface area contributed by atoms with Crippen LogP contribution in [0, 0.1) is 0 Å². The lowest BCUT2D eigenvalue weighted by Crippen LogP contribution is -2.20. The summed E-state index contributed by atoms with van der Waals surface area (Å²) >= 11 is 7.99. The molecule has 1 aliphatic rings. The van der Waals surface area contributed by atoms with Crippen molar-refractivity contribution in [3.63, 3.8) is 0 Å². The average molecular weight is 303 g/mol. The van der Waals surface area contributed by atoms with Crippen LogP contribution in [-0.2, 0) is 4.79 Å². The summed E-state index contributed by atoms with van der Waals surface area (Å²) in [5, 5.41) is 3.97. The predicted molar refractivity (Wildman–Crippen MR) is 75.9 cm³/mol. The van der Waals surface area contributed by atoms with Crippen molar-refractivity contribution in [3.05, 3.63) is 22.7 Å². The van der Waals surface area contributed by atoms with Crippen molar-refractivity contribution in [1.82, 2.24) is 5.32 Å². The fraction of sp³-hybridized carbons (Fsp3) is 0.417. The maximum absolute atomic E-state index is 10.8. The second-order valence-electron chi connectivity index (χ2n) is 3.99. The molecule has 1 fully saturated rings. The summed E-state index contributed by atoms with van der Waals surface area (Å²) in [6, 6.07) is 3.68. The Morgan fingerprint density at radius 3 is 3.00 bits per heavy atom. The summed E-state index contributed by atoms with van der Waals surface area (Å²) in [4.78, 5) is 10.8. The van der Waals surface area contributed by atoms with Gasteiger partial charge < -0.3 is 20.5 Å². The van der Waals surface area contributed by atoms with E-state index in [1.54, 1.807) is 0 Å². The molecular weight excluding hydrogens is 288 g/mol. The fourth-order valence-electron chi connectivity index (χ4n) is 1.81. The highest BCUT2D eigenvalue weighted by Gasteiger charge is 2.21. The first-order chi connectivity index (χ1) is 9.11. The number of carbonyl (C=O) groups is 1. The number of nitrogens with one attached hydrogen (secondary N) is 1. The number of halogens is 1. The lowest BCUT2D eigenvalue weighted by Gasteiger charge is -2.16. The molecule has 0 bridgehead atoms. The van der Waals surface area contributed by atoms with E-state index in [-0.39, 0.29) is 12.0 Å². The highest BCUT2D eigenvalue weighted by molar-refractivity contribution is 7.99. The van der Waals surface area contributed by atoms with Crippen molar-refractivity contribution in [1.29, 1.82) is 0 Å². The van der Waals surface area contributed by atoms with E-state index in [0.717, 1.165) is 17.9 Å². The number of carbonyl (C=O) groups excluding carboxylic acids is 1.